The fraction of sp³-hybridized carbons (Fsp3) is 0.364. The summed E-state index contributed by atoms with van der Waals surface area (Å²) in [7, 11) is 0. The van der Waals surface area contributed by atoms with Crippen LogP contribution in [-0.2, 0) is 4.79 Å². The van der Waals surface area contributed by atoms with E-state index in [4.69, 9.17) is 5.73 Å². The van der Waals surface area contributed by atoms with E-state index in [1.807, 2.05) is 31.2 Å². The summed E-state index contributed by atoms with van der Waals surface area (Å²) in [6, 6.07) is 7.71. The van der Waals surface area contributed by atoms with E-state index in [0.29, 0.717) is 13.0 Å². The van der Waals surface area contributed by atoms with Gasteiger partial charge in [0, 0.05) is 15.7 Å². The van der Waals surface area contributed by atoms with Gasteiger partial charge in [-0.25, -0.2) is 0 Å². The highest BCUT2D eigenvalue weighted by Crippen LogP contribution is 2.12. The number of carbonyl (C=O) groups is 1. The second-order valence-electron chi connectivity index (χ2n) is 3.60. The molecule has 1 atom stereocenters. The summed E-state index contributed by atoms with van der Waals surface area (Å²) in [6.07, 6.45) is 0.475. The van der Waals surface area contributed by atoms with E-state index in [-0.39, 0.29) is 11.8 Å². The third kappa shape index (κ3) is 4.61. The Labute approximate surface area is 104 Å². The maximum atomic E-state index is 11.5. The summed E-state index contributed by atoms with van der Waals surface area (Å²) in [5, 5.41) is 2.84. The Bertz CT molecular complexity index is 324. The van der Waals surface area contributed by atoms with Gasteiger partial charge in [-0.15, -0.1) is 0 Å². The van der Waals surface area contributed by atoms with Crippen LogP contribution in [0.25, 0.3) is 0 Å². The van der Waals surface area contributed by atoms with Gasteiger partial charge >= 0.3 is 0 Å². The average Bonchev–Trinajstić information content (AvgIpc) is 2.21. The molecule has 1 aromatic rings. The molecule has 0 aliphatic carbocycles. The van der Waals surface area contributed by atoms with Crippen LogP contribution in [0.15, 0.2) is 24.3 Å². The van der Waals surface area contributed by atoms with Crippen molar-refractivity contribution in [2.75, 3.05) is 11.9 Å². The molecule has 3 N–H and O–H groups in total. The third-order valence-corrected chi connectivity index (χ3v) is 2.78. The van der Waals surface area contributed by atoms with Gasteiger partial charge in [-0.1, -0.05) is 6.92 Å². The SMILES string of the molecule is CC(CN)CC(=O)Nc1ccc(I)cc1. The number of amides is 1. The van der Waals surface area contributed by atoms with Crippen molar-refractivity contribution in [3.63, 3.8) is 0 Å². The molecule has 0 saturated heterocycles. The molecule has 0 bridgehead atoms. The summed E-state index contributed by atoms with van der Waals surface area (Å²) >= 11 is 2.23. The fourth-order valence-corrected chi connectivity index (χ4v) is 1.50. The van der Waals surface area contributed by atoms with E-state index < -0.39 is 0 Å². The first-order valence-corrected chi connectivity index (χ1v) is 5.95. The van der Waals surface area contributed by atoms with Gasteiger partial charge < -0.3 is 11.1 Å². The number of benzene rings is 1. The lowest BCUT2D eigenvalue weighted by Crippen LogP contribution is -2.19. The van der Waals surface area contributed by atoms with Crippen LogP contribution in [0.5, 0.6) is 0 Å². The molecule has 0 radical (unpaired) electrons. The molecule has 0 aliphatic rings. The van der Waals surface area contributed by atoms with Crippen LogP contribution in [0.3, 0.4) is 0 Å². The first kappa shape index (κ1) is 12.4. The number of rotatable bonds is 4. The molecule has 15 heavy (non-hydrogen) atoms. The Morgan fingerprint density at radius 1 is 1.47 bits per heavy atom. The van der Waals surface area contributed by atoms with Crippen molar-refractivity contribution < 1.29 is 4.79 Å². The molecule has 0 spiro atoms. The van der Waals surface area contributed by atoms with E-state index in [0.717, 1.165) is 9.26 Å². The van der Waals surface area contributed by atoms with Crippen molar-refractivity contribution in [1.29, 1.82) is 0 Å². The molecule has 1 amide bonds. The molecular weight excluding hydrogens is 303 g/mol. The van der Waals surface area contributed by atoms with E-state index in [2.05, 4.69) is 27.9 Å². The average molecular weight is 318 g/mol. The molecule has 1 aromatic carbocycles. The van der Waals surface area contributed by atoms with E-state index in [9.17, 15) is 4.79 Å². The minimum absolute atomic E-state index is 0.0224. The van der Waals surface area contributed by atoms with Crippen molar-refractivity contribution >= 4 is 34.2 Å². The smallest absolute Gasteiger partial charge is 0.224 e. The first-order valence-electron chi connectivity index (χ1n) is 4.87. The number of anilines is 1. The Morgan fingerprint density at radius 3 is 2.60 bits per heavy atom. The maximum Gasteiger partial charge on any atom is 0.224 e. The Balaban J connectivity index is 2.48. The largest absolute Gasteiger partial charge is 0.330 e. The number of halogens is 1. The Kier molecular flexibility index (Phi) is 5.04. The van der Waals surface area contributed by atoms with Gasteiger partial charge in [-0.05, 0) is 59.3 Å². The van der Waals surface area contributed by atoms with Crippen molar-refractivity contribution in [2.24, 2.45) is 11.7 Å². The maximum absolute atomic E-state index is 11.5. The summed E-state index contributed by atoms with van der Waals surface area (Å²) in [4.78, 5) is 11.5. The lowest BCUT2D eigenvalue weighted by Gasteiger charge is -2.09. The second-order valence-corrected chi connectivity index (χ2v) is 4.85. The molecule has 82 valence electrons. The van der Waals surface area contributed by atoms with Crippen molar-refractivity contribution in [3.05, 3.63) is 27.8 Å². The van der Waals surface area contributed by atoms with Crippen LogP contribution < -0.4 is 11.1 Å². The zero-order valence-corrected chi connectivity index (χ0v) is 10.8. The van der Waals surface area contributed by atoms with Gasteiger partial charge in [0.1, 0.15) is 0 Å². The van der Waals surface area contributed by atoms with Crippen molar-refractivity contribution in [2.45, 2.75) is 13.3 Å². The van der Waals surface area contributed by atoms with Crippen LogP contribution in [-0.4, -0.2) is 12.5 Å². The quantitative estimate of drug-likeness (QED) is 0.837. The number of carbonyl (C=O) groups excluding carboxylic acids is 1. The highest BCUT2D eigenvalue weighted by Gasteiger charge is 2.07. The lowest BCUT2D eigenvalue weighted by molar-refractivity contribution is -0.116. The molecule has 1 unspecified atom stereocenters. The van der Waals surface area contributed by atoms with Crippen LogP contribution in [0.1, 0.15) is 13.3 Å². The Hall–Kier alpha value is -0.620. The minimum Gasteiger partial charge on any atom is -0.330 e. The third-order valence-electron chi connectivity index (χ3n) is 2.06. The van der Waals surface area contributed by atoms with Crippen molar-refractivity contribution in [1.82, 2.24) is 0 Å². The highest BCUT2D eigenvalue weighted by molar-refractivity contribution is 14.1. The van der Waals surface area contributed by atoms with E-state index in [1.54, 1.807) is 0 Å². The first-order chi connectivity index (χ1) is 7.11. The zero-order chi connectivity index (χ0) is 11.3. The molecule has 0 saturated carbocycles. The van der Waals surface area contributed by atoms with Gasteiger partial charge in [-0.2, -0.15) is 0 Å². The summed E-state index contributed by atoms with van der Waals surface area (Å²) in [5.41, 5.74) is 6.29. The topological polar surface area (TPSA) is 55.1 Å². The fourth-order valence-electron chi connectivity index (χ4n) is 1.15. The normalized spacial score (nSPS) is 12.2. The standard InChI is InChI=1S/C11H15IN2O/c1-8(7-13)6-11(15)14-10-4-2-9(12)3-5-10/h2-5,8H,6-7,13H2,1H3,(H,14,15). The van der Waals surface area contributed by atoms with Gasteiger partial charge in [0.25, 0.3) is 0 Å². The molecule has 0 fully saturated rings. The zero-order valence-electron chi connectivity index (χ0n) is 8.66. The predicted molar refractivity (Wildman–Crippen MR) is 70.6 cm³/mol. The van der Waals surface area contributed by atoms with Crippen LogP contribution in [0.4, 0.5) is 5.69 Å². The van der Waals surface area contributed by atoms with Crippen LogP contribution in [0.2, 0.25) is 0 Å². The summed E-state index contributed by atoms with van der Waals surface area (Å²) in [6.45, 7) is 2.51. The van der Waals surface area contributed by atoms with Crippen molar-refractivity contribution in [3.8, 4) is 0 Å². The minimum atomic E-state index is 0.0224. The second kappa shape index (κ2) is 6.07. The number of hydrogen-bond donors (Lipinski definition) is 2. The number of nitrogens with two attached hydrogens (primary N) is 1. The van der Waals surface area contributed by atoms with Crippen LogP contribution >= 0.6 is 22.6 Å². The molecule has 1 rings (SSSR count). The molecule has 0 heterocycles. The van der Waals surface area contributed by atoms with E-state index in [1.165, 1.54) is 0 Å². The predicted octanol–water partition coefficient (Wildman–Crippen LogP) is 2.21. The van der Waals surface area contributed by atoms with Gasteiger partial charge in [-0.3, -0.25) is 4.79 Å². The molecule has 0 aromatic heterocycles. The molecule has 3 nitrogen and oxygen atoms in total. The van der Waals surface area contributed by atoms with Gasteiger partial charge in [0.15, 0.2) is 0 Å². The molecule has 4 heteroatoms. The lowest BCUT2D eigenvalue weighted by atomic mass is 10.1. The molecular formula is C11H15IN2O. The molecule has 0 aliphatic heterocycles. The highest BCUT2D eigenvalue weighted by atomic mass is 127. The summed E-state index contributed by atoms with van der Waals surface area (Å²) in [5.74, 6) is 0.253. The summed E-state index contributed by atoms with van der Waals surface area (Å²) < 4.78 is 1.15. The van der Waals surface area contributed by atoms with Gasteiger partial charge in [0.2, 0.25) is 5.91 Å². The van der Waals surface area contributed by atoms with Crippen LogP contribution in [0, 0.1) is 9.49 Å². The van der Waals surface area contributed by atoms with E-state index >= 15 is 0 Å². The Morgan fingerprint density at radius 2 is 2.07 bits per heavy atom. The monoisotopic (exact) mass is 318 g/mol. The van der Waals surface area contributed by atoms with Gasteiger partial charge in [0.05, 0.1) is 0 Å². The number of hydrogen-bond acceptors (Lipinski definition) is 2. The number of nitrogens with one attached hydrogen (secondary N) is 1.